The Kier molecular flexibility index (Phi) is 4.04. The average Bonchev–Trinajstić information content (AvgIpc) is 2.33. The minimum absolute atomic E-state index is 0.556. The van der Waals surface area contributed by atoms with Crippen LogP contribution in [0.15, 0.2) is 12.1 Å². The molecule has 1 saturated carbocycles. The van der Waals surface area contributed by atoms with Gasteiger partial charge in [-0.15, -0.1) is 5.10 Å². The van der Waals surface area contributed by atoms with Crippen molar-refractivity contribution in [2.75, 3.05) is 11.6 Å². The van der Waals surface area contributed by atoms with Gasteiger partial charge in [0.25, 0.3) is 0 Å². The van der Waals surface area contributed by atoms with Crippen LogP contribution in [0.5, 0.6) is 0 Å². The fourth-order valence-electron chi connectivity index (χ4n) is 2.21. The number of thioether (sulfide) groups is 1. The van der Waals surface area contributed by atoms with Gasteiger partial charge < -0.3 is 5.32 Å². The largest absolute Gasteiger partial charge is 0.365 e. The van der Waals surface area contributed by atoms with E-state index in [1.54, 1.807) is 0 Å². The summed E-state index contributed by atoms with van der Waals surface area (Å²) in [6, 6.07) is 4.58. The van der Waals surface area contributed by atoms with E-state index in [2.05, 4.69) is 21.8 Å². The van der Waals surface area contributed by atoms with E-state index in [1.807, 2.05) is 30.8 Å². The third kappa shape index (κ3) is 2.88. The van der Waals surface area contributed by atoms with E-state index >= 15 is 0 Å². The summed E-state index contributed by atoms with van der Waals surface area (Å²) >= 11 is 1.97. The topological polar surface area (TPSA) is 37.8 Å². The summed E-state index contributed by atoms with van der Waals surface area (Å²) in [6.07, 6.45) is 7.46. The predicted octanol–water partition coefficient (Wildman–Crippen LogP) is 2.87. The van der Waals surface area contributed by atoms with Crippen LogP contribution < -0.4 is 5.32 Å². The van der Waals surface area contributed by atoms with Crippen molar-refractivity contribution in [1.29, 1.82) is 0 Å². The van der Waals surface area contributed by atoms with Crippen LogP contribution in [0.1, 0.15) is 31.4 Å². The average molecular weight is 237 g/mol. The summed E-state index contributed by atoms with van der Waals surface area (Å²) < 4.78 is 0. The molecule has 3 nitrogen and oxygen atoms in total. The van der Waals surface area contributed by atoms with Gasteiger partial charge in [-0.3, -0.25) is 0 Å². The fraction of sp³-hybridized carbons (Fsp3) is 0.667. The standard InChI is InChI=1S/C12H19N3S/c1-9-7-8-12(15-14-9)13-10-5-3-4-6-11(10)16-2/h7-8,10-11H,3-6H2,1-2H3,(H,13,15). The van der Waals surface area contributed by atoms with Gasteiger partial charge in [0.1, 0.15) is 5.82 Å². The Hall–Kier alpha value is -0.770. The summed E-state index contributed by atoms with van der Waals surface area (Å²) in [6.45, 7) is 1.96. The van der Waals surface area contributed by atoms with Gasteiger partial charge in [0, 0.05) is 11.3 Å². The van der Waals surface area contributed by atoms with Crippen LogP contribution in [0.3, 0.4) is 0 Å². The van der Waals surface area contributed by atoms with Gasteiger partial charge in [-0.2, -0.15) is 16.9 Å². The van der Waals surface area contributed by atoms with E-state index in [9.17, 15) is 0 Å². The smallest absolute Gasteiger partial charge is 0.148 e. The van der Waals surface area contributed by atoms with E-state index in [0.29, 0.717) is 6.04 Å². The number of hydrogen-bond acceptors (Lipinski definition) is 4. The second kappa shape index (κ2) is 5.53. The Morgan fingerprint density at radius 3 is 2.75 bits per heavy atom. The SMILES string of the molecule is CSC1CCCCC1Nc1ccc(C)nn1. The van der Waals surface area contributed by atoms with Crippen molar-refractivity contribution in [3.63, 3.8) is 0 Å². The zero-order chi connectivity index (χ0) is 11.4. The molecule has 1 aliphatic carbocycles. The van der Waals surface area contributed by atoms with Crippen LogP contribution in [0.4, 0.5) is 5.82 Å². The van der Waals surface area contributed by atoms with Crippen LogP contribution in [0.2, 0.25) is 0 Å². The molecule has 1 fully saturated rings. The summed E-state index contributed by atoms with van der Waals surface area (Å²) in [5, 5.41) is 12.5. The monoisotopic (exact) mass is 237 g/mol. The minimum Gasteiger partial charge on any atom is -0.365 e. The molecular weight excluding hydrogens is 218 g/mol. The Labute approximate surface area is 101 Å². The molecule has 0 aliphatic heterocycles. The first-order valence-electron chi connectivity index (χ1n) is 5.89. The molecule has 2 atom stereocenters. The van der Waals surface area contributed by atoms with Gasteiger partial charge in [-0.1, -0.05) is 12.8 Å². The van der Waals surface area contributed by atoms with Crippen LogP contribution >= 0.6 is 11.8 Å². The van der Waals surface area contributed by atoms with Crippen LogP contribution in [0, 0.1) is 6.92 Å². The van der Waals surface area contributed by atoms with E-state index in [0.717, 1.165) is 16.8 Å². The van der Waals surface area contributed by atoms with Crippen molar-refractivity contribution in [3.8, 4) is 0 Å². The maximum atomic E-state index is 4.17. The van der Waals surface area contributed by atoms with Crippen molar-refractivity contribution in [2.24, 2.45) is 0 Å². The highest BCUT2D eigenvalue weighted by atomic mass is 32.2. The first-order chi connectivity index (χ1) is 7.79. The van der Waals surface area contributed by atoms with Crippen molar-refractivity contribution in [1.82, 2.24) is 10.2 Å². The highest BCUT2D eigenvalue weighted by molar-refractivity contribution is 7.99. The van der Waals surface area contributed by atoms with Gasteiger partial charge in [-0.25, -0.2) is 0 Å². The van der Waals surface area contributed by atoms with Gasteiger partial charge in [0.05, 0.1) is 5.69 Å². The number of aromatic nitrogens is 2. The number of nitrogens with one attached hydrogen (secondary N) is 1. The molecule has 2 unspecified atom stereocenters. The molecule has 2 rings (SSSR count). The lowest BCUT2D eigenvalue weighted by Crippen LogP contribution is -2.34. The zero-order valence-corrected chi connectivity index (χ0v) is 10.8. The maximum absolute atomic E-state index is 4.17. The Balaban J connectivity index is 1.99. The highest BCUT2D eigenvalue weighted by Crippen LogP contribution is 2.28. The van der Waals surface area contributed by atoms with Crippen molar-refractivity contribution < 1.29 is 0 Å². The molecule has 0 saturated heterocycles. The van der Waals surface area contributed by atoms with Crippen LogP contribution in [-0.2, 0) is 0 Å². The van der Waals surface area contributed by atoms with Crippen LogP contribution in [0.25, 0.3) is 0 Å². The van der Waals surface area contributed by atoms with Gasteiger partial charge in [-0.05, 0) is 38.2 Å². The molecule has 0 aromatic carbocycles. The lowest BCUT2D eigenvalue weighted by atomic mass is 9.95. The summed E-state index contributed by atoms with van der Waals surface area (Å²) in [5.41, 5.74) is 0.968. The molecular formula is C12H19N3S. The van der Waals surface area contributed by atoms with Crippen LogP contribution in [-0.4, -0.2) is 27.7 Å². The predicted molar refractivity (Wildman–Crippen MR) is 70.0 cm³/mol. The van der Waals surface area contributed by atoms with E-state index in [4.69, 9.17) is 0 Å². The van der Waals surface area contributed by atoms with E-state index in [1.165, 1.54) is 25.7 Å². The molecule has 0 amide bonds. The minimum atomic E-state index is 0.556. The lowest BCUT2D eigenvalue weighted by Gasteiger charge is -2.31. The van der Waals surface area contributed by atoms with Crippen molar-refractivity contribution in [3.05, 3.63) is 17.8 Å². The second-order valence-corrected chi connectivity index (χ2v) is 5.45. The molecule has 1 N–H and O–H groups in total. The molecule has 0 radical (unpaired) electrons. The third-order valence-electron chi connectivity index (χ3n) is 3.14. The molecule has 1 aromatic heterocycles. The first-order valence-corrected chi connectivity index (χ1v) is 7.18. The fourth-order valence-corrected chi connectivity index (χ4v) is 3.14. The molecule has 16 heavy (non-hydrogen) atoms. The molecule has 1 aromatic rings. The number of hydrogen-bond donors (Lipinski definition) is 1. The summed E-state index contributed by atoms with van der Waals surface area (Å²) in [7, 11) is 0. The molecule has 1 aliphatic rings. The summed E-state index contributed by atoms with van der Waals surface area (Å²) in [4.78, 5) is 0. The number of rotatable bonds is 3. The molecule has 0 bridgehead atoms. The Morgan fingerprint density at radius 1 is 1.25 bits per heavy atom. The first kappa shape index (κ1) is 11.7. The highest BCUT2D eigenvalue weighted by Gasteiger charge is 2.24. The van der Waals surface area contributed by atoms with Gasteiger partial charge >= 0.3 is 0 Å². The molecule has 1 heterocycles. The third-order valence-corrected chi connectivity index (χ3v) is 4.31. The second-order valence-electron chi connectivity index (χ2n) is 4.37. The van der Waals surface area contributed by atoms with Gasteiger partial charge in [0.2, 0.25) is 0 Å². The Bertz CT molecular complexity index is 326. The Morgan fingerprint density at radius 2 is 2.06 bits per heavy atom. The quantitative estimate of drug-likeness (QED) is 0.877. The van der Waals surface area contributed by atoms with E-state index < -0.39 is 0 Å². The normalized spacial score (nSPS) is 25.4. The summed E-state index contributed by atoms with van der Waals surface area (Å²) in [5.74, 6) is 0.913. The molecule has 4 heteroatoms. The number of aryl methyl sites for hydroxylation is 1. The number of nitrogens with zero attached hydrogens (tertiary/aromatic N) is 2. The van der Waals surface area contributed by atoms with E-state index in [-0.39, 0.29) is 0 Å². The van der Waals surface area contributed by atoms with Crippen molar-refractivity contribution in [2.45, 2.75) is 43.9 Å². The molecule has 88 valence electrons. The lowest BCUT2D eigenvalue weighted by molar-refractivity contribution is 0.474. The van der Waals surface area contributed by atoms with Crippen molar-refractivity contribution >= 4 is 17.6 Å². The number of anilines is 1. The zero-order valence-electron chi connectivity index (χ0n) is 9.94. The molecule has 0 spiro atoms. The van der Waals surface area contributed by atoms with Gasteiger partial charge in [0.15, 0.2) is 0 Å². The maximum Gasteiger partial charge on any atom is 0.148 e.